The molecule has 0 spiro atoms. The molecule has 2 aromatic carbocycles. The van der Waals surface area contributed by atoms with Gasteiger partial charge in [-0.2, -0.15) is 0 Å². The van der Waals surface area contributed by atoms with Crippen molar-refractivity contribution in [3.8, 4) is 17.0 Å². The van der Waals surface area contributed by atoms with Gasteiger partial charge in [0.25, 0.3) is 0 Å². The van der Waals surface area contributed by atoms with Gasteiger partial charge in [-0.05, 0) is 37.3 Å². The van der Waals surface area contributed by atoms with Gasteiger partial charge >= 0.3 is 0 Å². The molecule has 0 aliphatic heterocycles. The second-order valence-electron chi connectivity index (χ2n) is 5.28. The highest BCUT2D eigenvalue weighted by Crippen LogP contribution is 2.23. The number of hydrogen-bond acceptors (Lipinski definition) is 5. The van der Waals surface area contributed by atoms with Gasteiger partial charge in [-0.3, -0.25) is 4.79 Å². The van der Waals surface area contributed by atoms with Crippen molar-refractivity contribution in [2.45, 2.75) is 11.9 Å². The van der Waals surface area contributed by atoms with Crippen LogP contribution in [-0.4, -0.2) is 28.1 Å². The van der Waals surface area contributed by atoms with Crippen LogP contribution in [-0.2, 0) is 0 Å². The highest BCUT2D eigenvalue weighted by Gasteiger charge is 2.09. The summed E-state index contributed by atoms with van der Waals surface area (Å²) in [5, 5.41) is 0.785. The third-order valence-electron chi connectivity index (χ3n) is 3.55. The van der Waals surface area contributed by atoms with Gasteiger partial charge in [0.2, 0.25) is 0 Å². The van der Waals surface area contributed by atoms with Crippen LogP contribution in [0.3, 0.4) is 0 Å². The van der Waals surface area contributed by atoms with Crippen molar-refractivity contribution < 1.29 is 9.53 Å². The SMILES string of the molecule is CCOc1ccc(C(=O)CSc2cc(-c3ccccc3)ncn2)cc1. The number of aromatic nitrogens is 2. The van der Waals surface area contributed by atoms with Gasteiger partial charge < -0.3 is 4.74 Å². The molecule has 3 aromatic rings. The van der Waals surface area contributed by atoms with E-state index in [1.54, 1.807) is 12.1 Å². The first-order chi connectivity index (χ1) is 12.3. The van der Waals surface area contributed by atoms with Crippen molar-refractivity contribution in [2.24, 2.45) is 0 Å². The third-order valence-corrected chi connectivity index (χ3v) is 4.48. The summed E-state index contributed by atoms with van der Waals surface area (Å²) in [7, 11) is 0. The highest BCUT2D eigenvalue weighted by molar-refractivity contribution is 7.99. The van der Waals surface area contributed by atoms with Crippen LogP contribution >= 0.6 is 11.8 Å². The van der Waals surface area contributed by atoms with Crippen LogP contribution in [0.1, 0.15) is 17.3 Å². The standard InChI is InChI=1S/C20H18N2O2S/c1-2-24-17-10-8-16(9-11-17)19(23)13-25-20-12-18(21-14-22-20)15-6-4-3-5-7-15/h3-12,14H,2,13H2,1H3. The molecule has 0 aliphatic carbocycles. The van der Waals surface area contributed by atoms with Crippen molar-refractivity contribution in [1.82, 2.24) is 9.97 Å². The number of carbonyl (C=O) groups is 1. The Morgan fingerprint density at radius 1 is 1.04 bits per heavy atom. The fraction of sp³-hybridized carbons (Fsp3) is 0.150. The molecular weight excluding hydrogens is 332 g/mol. The molecule has 126 valence electrons. The van der Waals surface area contributed by atoms with Crippen LogP contribution in [0.25, 0.3) is 11.3 Å². The Kier molecular flexibility index (Phi) is 5.80. The molecule has 0 saturated heterocycles. The summed E-state index contributed by atoms with van der Waals surface area (Å²) in [5.74, 6) is 1.17. The van der Waals surface area contributed by atoms with E-state index in [4.69, 9.17) is 4.74 Å². The lowest BCUT2D eigenvalue weighted by atomic mass is 10.1. The Bertz CT molecular complexity index is 836. The Labute approximate surface area is 151 Å². The Balaban J connectivity index is 1.64. The Hall–Kier alpha value is -2.66. The average molecular weight is 350 g/mol. The quantitative estimate of drug-likeness (QED) is 0.356. The topological polar surface area (TPSA) is 52.1 Å². The number of hydrogen-bond donors (Lipinski definition) is 0. The number of ketones is 1. The molecule has 1 aromatic heterocycles. The molecule has 0 radical (unpaired) electrons. The van der Waals surface area contributed by atoms with Crippen molar-refractivity contribution in [3.05, 3.63) is 72.6 Å². The van der Waals surface area contributed by atoms with E-state index in [-0.39, 0.29) is 5.78 Å². The Morgan fingerprint density at radius 2 is 1.80 bits per heavy atom. The summed E-state index contributed by atoms with van der Waals surface area (Å²) in [6.07, 6.45) is 1.53. The lowest BCUT2D eigenvalue weighted by Crippen LogP contribution is -2.03. The molecule has 0 N–H and O–H groups in total. The molecule has 0 aliphatic rings. The van der Waals surface area contributed by atoms with E-state index < -0.39 is 0 Å². The number of benzene rings is 2. The number of nitrogens with zero attached hydrogens (tertiary/aromatic N) is 2. The van der Waals surface area contributed by atoms with E-state index in [0.717, 1.165) is 22.0 Å². The smallest absolute Gasteiger partial charge is 0.173 e. The van der Waals surface area contributed by atoms with Crippen molar-refractivity contribution in [1.29, 1.82) is 0 Å². The van der Waals surface area contributed by atoms with Gasteiger partial charge in [0.15, 0.2) is 5.78 Å². The molecule has 0 fully saturated rings. The summed E-state index contributed by atoms with van der Waals surface area (Å²) in [4.78, 5) is 20.9. The molecule has 5 heteroatoms. The Morgan fingerprint density at radius 3 is 2.52 bits per heavy atom. The van der Waals surface area contributed by atoms with Crippen LogP contribution in [0.4, 0.5) is 0 Å². The van der Waals surface area contributed by atoms with E-state index >= 15 is 0 Å². The molecular formula is C20H18N2O2S. The van der Waals surface area contributed by atoms with Gasteiger partial charge in [0, 0.05) is 11.1 Å². The van der Waals surface area contributed by atoms with Crippen LogP contribution in [0, 0.1) is 0 Å². The van der Waals surface area contributed by atoms with Crippen molar-refractivity contribution >= 4 is 17.5 Å². The van der Waals surface area contributed by atoms with E-state index in [9.17, 15) is 4.79 Å². The first-order valence-electron chi connectivity index (χ1n) is 8.02. The summed E-state index contributed by atoms with van der Waals surface area (Å²) < 4.78 is 5.39. The fourth-order valence-corrected chi connectivity index (χ4v) is 3.07. The van der Waals surface area contributed by atoms with E-state index in [1.165, 1.54) is 18.1 Å². The van der Waals surface area contributed by atoms with Gasteiger partial charge in [-0.15, -0.1) is 0 Å². The van der Waals surface area contributed by atoms with E-state index in [0.29, 0.717) is 17.9 Å². The molecule has 4 nitrogen and oxygen atoms in total. The van der Waals surface area contributed by atoms with Gasteiger partial charge in [-0.25, -0.2) is 9.97 Å². The zero-order valence-electron chi connectivity index (χ0n) is 13.9. The molecule has 3 rings (SSSR count). The number of ether oxygens (including phenoxy) is 1. The maximum atomic E-state index is 12.3. The maximum Gasteiger partial charge on any atom is 0.173 e. The summed E-state index contributed by atoms with van der Waals surface area (Å²) in [6.45, 7) is 2.54. The third kappa shape index (κ3) is 4.67. The normalized spacial score (nSPS) is 10.4. The van der Waals surface area contributed by atoms with Crippen LogP contribution in [0.2, 0.25) is 0 Å². The zero-order chi connectivity index (χ0) is 17.5. The summed E-state index contributed by atoms with van der Waals surface area (Å²) in [5.41, 5.74) is 2.56. The summed E-state index contributed by atoms with van der Waals surface area (Å²) >= 11 is 1.41. The average Bonchev–Trinajstić information content (AvgIpc) is 2.68. The molecule has 0 unspecified atom stereocenters. The largest absolute Gasteiger partial charge is 0.494 e. The van der Waals surface area contributed by atoms with Gasteiger partial charge in [0.05, 0.1) is 18.1 Å². The maximum absolute atomic E-state index is 12.3. The highest BCUT2D eigenvalue weighted by atomic mass is 32.2. The number of thioether (sulfide) groups is 1. The second kappa shape index (κ2) is 8.44. The lowest BCUT2D eigenvalue weighted by Gasteiger charge is -2.05. The molecule has 25 heavy (non-hydrogen) atoms. The number of rotatable bonds is 7. The summed E-state index contributed by atoms with van der Waals surface area (Å²) in [6, 6.07) is 19.1. The van der Waals surface area contributed by atoms with Gasteiger partial charge in [0.1, 0.15) is 17.1 Å². The van der Waals surface area contributed by atoms with Crippen LogP contribution < -0.4 is 4.74 Å². The fourth-order valence-electron chi connectivity index (χ4n) is 2.31. The van der Waals surface area contributed by atoms with Gasteiger partial charge in [-0.1, -0.05) is 42.1 Å². The monoisotopic (exact) mass is 350 g/mol. The number of Topliss-reactive ketones (excluding diaryl/α,β-unsaturated/α-hetero) is 1. The molecule has 0 bridgehead atoms. The van der Waals surface area contributed by atoms with Crippen LogP contribution in [0.15, 0.2) is 72.0 Å². The van der Waals surface area contributed by atoms with E-state index in [2.05, 4.69) is 9.97 Å². The predicted octanol–water partition coefficient (Wildman–Crippen LogP) is 4.52. The van der Waals surface area contributed by atoms with Crippen molar-refractivity contribution in [2.75, 3.05) is 12.4 Å². The van der Waals surface area contributed by atoms with Crippen molar-refractivity contribution in [3.63, 3.8) is 0 Å². The minimum Gasteiger partial charge on any atom is -0.494 e. The minimum absolute atomic E-state index is 0.0629. The first-order valence-corrected chi connectivity index (χ1v) is 9.01. The number of carbonyl (C=O) groups excluding carboxylic acids is 1. The van der Waals surface area contributed by atoms with Crippen LogP contribution in [0.5, 0.6) is 5.75 Å². The minimum atomic E-state index is 0.0629. The first kappa shape index (κ1) is 17.2. The molecule has 0 amide bonds. The molecule has 0 atom stereocenters. The lowest BCUT2D eigenvalue weighted by molar-refractivity contribution is 0.102. The second-order valence-corrected chi connectivity index (χ2v) is 6.27. The predicted molar refractivity (Wildman–Crippen MR) is 100 cm³/mol. The molecule has 1 heterocycles. The molecule has 0 saturated carbocycles. The zero-order valence-corrected chi connectivity index (χ0v) is 14.7. The van der Waals surface area contributed by atoms with E-state index in [1.807, 2.05) is 55.5 Å².